The number of guanidine groups is 1. The molecule has 27 heavy (non-hydrogen) atoms. The van der Waals surface area contributed by atoms with Gasteiger partial charge in [-0.3, -0.25) is 0 Å². The van der Waals surface area contributed by atoms with Gasteiger partial charge in [0.05, 0.1) is 13.2 Å². The van der Waals surface area contributed by atoms with E-state index < -0.39 is 0 Å². The van der Waals surface area contributed by atoms with Gasteiger partial charge in [0.2, 0.25) is 0 Å². The minimum Gasteiger partial charge on any atom is -0.492 e. The van der Waals surface area contributed by atoms with Gasteiger partial charge in [0.1, 0.15) is 12.4 Å². The van der Waals surface area contributed by atoms with E-state index in [0.717, 1.165) is 43.5 Å². The van der Waals surface area contributed by atoms with Gasteiger partial charge in [-0.2, -0.15) is 0 Å². The summed E-state index contributed by atoms with van der Waals surface area (Å²) in [6.07, 6.45) is 0. The molecule has 0 saturated heterocycles. The maximum Gasteiger partial charge on any atom is 0.191 e. The first-order chi connectivity index (χ1) is 12.3. The highest BCUT2D eigenvalue weighted by Crippen LogP contribution is 2.14. The van der Waals surface area contributed by atoms with Crippen molar-refractivity contribution in [1.29, 1.82) is 0 Å². The third-order valence-corrected chi connectivity index (χ3v) is 3.57. The topological polar surface area (TPSA) is 58.1 Å². The van der Waals surface area contributed by atoms with Crippen molar-refractivity contribution < 1.29 is 9.47 Å². The van der Waals surface area contributed by atoms with Crippen LogP contribution in [0.25, 0.3) is 0 Å². The van der Waals surface area contributed by atoms with Gasteiger partial charge < -0.3 is 25.0 Å². The Labute approximate surface area is 182 Å². The first-order valence-electron chi connectivity index (χ1n) is 9.29. The second-order valence-corrected chi connectivity index (χ2v) is 7.36. The average Bonchev–Trinajstić information content (AvgIpc) is 2.57. The molecule has 156 valence electrons. The van der Waals surface area contributed by atoms with Gasteiger partial charge in [0.25, 0.3) is 0 Å². The van der Waals surface area contributed by atoms with Gasteiger partial charge in [0, 0.05) is 32.3 Å². The third kappa shape index (κ3) is 12.9. The lowest BCUT2D eigenvalue weighted by atomic mass is 10.1. The van der Waals surface area contributed by atoms with Crippen LogP contribution in [0.3, 0.4) is 0 Å². The number of halogens is 1. The molecule has 0 aliphatic heterocycles. The Kier molecular flexibility index (Phi) is 13.5. The maximum atomic E-state index is 5.87. The number of nitrogens with one attached hydrogen (secondary N) is 2. The molecule has 1 aromatic rings. The predicted molar refractivity (Wildman–Crippen MR) is 124 cm³/mol. The SMILES string of the molecule is CCNC(=NCc1cccc(OCCN(C)CCOC)c1)NC(C)(C)C.I. The van der Waals surface area contributed by atoms with E-state index in [9.17, 15) is 0 Å². The number of aliphatic imine (C=N–C) groups is 1. The van der Waals surface area contributed by atoms with E-state index in [2.05, 4.69) is 67.4 Å². The quantitative estimate of drug-likeness (QED) is 0.299. The van der Waals surface area contributed by atoms with Crippen LogP contribution in [0.1, 0.15) is 33.3 Å². The van der Waals surface area contributed by atoms with E-state index in [1.54, 1.807) is 7.11 Å². The number of methoxy groups -OCH3 is 1. The van der Waals surface area contributed by atoms with Crippen LogP contribution in [0.15, 0.2) is 29.3 Å². The highest BCUT2D eigenvalue weighted by molar-refractivity contribution is 14.0. The summed E-state index contributed by atoms with van der Waals surface area (Å²) in [6, 6.07) is 8.13. The Balaban J connectivity index is 0.00000676. The van der Waals surface area contributed by atoms with Crippen molar-refractivity contribution in [3.8, 4) is 5.75 Å². The van der Waals surface area contributed by atoms with E-state index in [4.69, 9.17) is 9.47 Å². The zero-order valence-electron chi connectivity index (χ0n) is 17.7. The molecule has 0 amide bonds. The fraction of sp³-hybridized carbons (Fsp3) is 0.650. The highest BCUT2D eigenvalue weighted by Gasteiger charge is 2.11. The van der Waals surface area contributed by atoms with Crippen LogP contribution >= 0.6 is 24.0 Å². The average molecular weight is 492 g/mol. The van der Waals surface area contributed by atoms with Crippen molar-refractivity contribution in [2.75, 3.05) is 47.0 Å². The second-order valence-electron chi connectivity index (χ2n) is 7.36. The molecule has 0 fully saturated rings. The zero-order chi connectivity index (χ0) is 19.4. The number of rotatable bonds is 10. The summed E-state index contributed by atoms with van der Waals surface area (Å²) in [5.74, 6) is 1.71. The van der Waals surface area contributed by atoms with E-state index in [0.29, 0.717) is 13.2 Å². The van der Waals surface area contributed by atoms with Crippen molar-refractivity contribution in [2.24, 2.45) is 4.99 Å². The molecule has 0 aliphatic rings. The molecular weight excluding hydrogens is 455 g/mol. The molecule has 7 heteroatoms. The normalized spacial score (nSPS) is 11.9. The maximum absolute atomic E-state index is 5.87. The van der Waals surface area contributed by atoms with Gasteiger partial charge in [-0.15, -0.1) is 24.0 Å². The minimum absolute atomic E-state index is 0. The van der Waals surface area contributed by atoms with E-state index in [1.807, 2.05) is 12.1 Å². The summed E-state index contributed by atoms with van der Waals surface area (Å²) < 4.78 is 11.0. The van der Waals surface area contributed by atoms with Crippen LogP contribution in [0.5, 0.6) is 5.75 Å². The molecule has 0 aromatic heterocycles. The molecule has 0 radical (unpaired) electrons. The van der Waals surface area contributed by atoms with Crippen LogP contribution in [-0.2, 0) is 11.3 Å². The molecule has 0 unspecified atom stereocenters. The van der Waals surface area contributed by atoms with Gasteiger partial charge in [0.15, 0.2) is 5.96 Å². The summed E-state index contributed by atoms with van der Waals surface area (Å²) in [5, 5.41) is 6.68. The van der Waals surface area contributed by atoms with Crippen LogP contribution in [0.2, 0.25) is 0 Å². The Morgan fingerprint density at radius 1 is 1.19 bits per heavy atom. The summed E-state index contributed by atoms with van der Waals surface area (Å²) in [5.41, 5.74) is 1.10. The molecule has 2 N–H and O–H groups in total. The number of benzene rings is 1. The summed E-state index contributed by atoms with van der Waals surface area (Å²) in [4.78, 5) is 6.86. The van der Waals surface area contributed by atoms with E-state index in [1.165, 1.54) is 0 Å². The standard InChI is InChI=1S/C20H36N4O2.HI/c1-7-21-19(23-20(2,3)4)22-16-17-9-8-10-18(15-17)26-14-12-24(5)11-13-25-6;/h8-10,15H,7,11-14,16H2,1-6H3,(H2,21,22,23);1H. The number of nitrogens with zero attached hydrogens (tertiary/aromatic N) is 2. The van der Waals surface area contributed by atoms with Gasteiger partial charge >= 0.3 is 0 Å². The smallest absolute Gasteiger partial charge is 0.191 e. The van der Waals surface area contributed by atoms with Crippen molar-refractivity contribution in [1.82, 2.24) is 15.5 Å². The predicted octanol–water partition coefficient (Wildman–Crippen LogP) is 3.12. The number of likely N-dealkylation sites (N-methyl/N-ethyl adjacent to an activating group) is 1. The van der Waals surface area contributed by atoms with Crippen LogP contribution < -0.4 is 15.4 Å². The molecule has 0 bridgehead atoms. The fourth-order valence-electron chi connectivity index (χ4n) is 2.24. The van der Waals surface area contributed by atoms with Crippen LogP contribution in [0.4, 0.5) is 0 Å². The summed E-state index contributed by atoms with van der Waals surface area (Å²) in [6.45, 7) is 13.0. The van der Waals surface area contributed by atoms with Crippen molar-refractivity contribution in [3.63, 3.8) is 0 Å². The molecule has 0 aliphatic carbocycles. The summed E-state index contributed by atoms with van der Waals surface area (Å²) >= 11 is 0. The largest absolute Gasteiger partial charge is 0.492 e. The molecule has 0 saturated carbocycles. The lowest BCUT2D eigenvalue weighted by Gasteiger charge is -2.23. The third-order valence-electron chi connectivity index (χ3n) is 3.57. The molecule has 0 atom stereocenters. The second kappa shape index (κ2) is 14.0. The molecule has 1 rings (SSSR count). The van der Waals surface area contributed by atoms with Crippen molar-refractivity contribution in [2.45, 2.75) is 39.8 Å². The van der Waals surface area contributed by atoms with Gasteiger partial charge in [-0.1, -0.05) is 12.1 Å². The molecule has 0 spiro atoms. The zero-order valence-corrected chi connectivity index (χ0v) is 20.0. The molecule has 6 nitrogen and oxygen atoms in total. The molecule has 1 aromatic carbocycles. The lowest BCUT2D eigenvalue weighted by molar-refractivity contribution is 0.150. The van der Waals surface area contributed by atoms with Crippen LogP contribution in [-0.4, -0.2) is 63.4 Å². The molecular formula is C20H37IN4O2. The Morgan fingerprint density at radius 3 is 2.52 bits per heavy atom. The van der Waals surface area contributed by atoms with Crippen molar-refractivity contribution >= 4 is 29.9 Å². The van der Waals surface area contributed by atoms with Gasteiger partial charge in [-0.05, 0) is 52.4 Å². The number of ether oxygens (including phenoxy) is 2. The van der Waals surface area contributed by atoms with Crippen molar-refractivity contribution in [3.05, 3.63) is 29.8 Å². The number of hydrogen-bond donors (Lipinski definition) is 2. The first kappa shape index (κ1) is 25.9. The van der Waals surface area contributed by atoms with E-state index in [-0.39, 0.29) is 29.5 Å². The first-order valence-corrected chi connectivity index (χ1v) is 9.29. The fourth-order valence-corrected chi connectivity index (χ4v) is 2.24. The Hall–Kier alpha value is -1.06. The monoisotopic (exact) mass is 492 g/mol. The van der Waals surface area contributed by atoms with Gasteiger partial charge in [-0.25, -0.2) is 4.99 Å². The highest BCUT2D eigenvalue weighted by atomic mass is 127. The molecule has 0 heterocycles. The summed E-state index contributed by atoms with van der Waals surface area (Å²) in [7, 11) is 3.79. The number of hydrogen-bond acceptors (Lipinski definition) is 4. The van der Waals surface area contributed by atoms with E-state index >= 15 is 0 Å². The lowest BCUT2D eigenvalue weighted by Crippen LogP contribution is -2.47. The Morgan fingerprint density at radius 2 is 1.89 bits per heavy atom. The Bertz CT molecular complexity index is 547. The van der Waals surface area contributed by atoms with Crippen LogP contribution in [0, 0.1) is 0 Å². The minimum atomic E-state index is -0.0270.